The van der Waals surface area contributed by atoms with Gasteiger partial charge in [0, 0.05) is 16.4 Å². The van der Waals surface area contributed by atoms with Crippen molar-refractivity contribution in [2.24, 2.45) is 0 Å². The van der Waals surface area contributed by atoms with E-state index in [0.29, 0.717) is 0 Å². The molecule has 1 aliphatic heterocycles. The molecule has 7 heteroatoms. The van der Waals surface area contributed by atoms with Crippen molar-refractivity contribution in [2.45, 2.75) is 20.5 Å². The summed E-state index contributed by atoms with van der Waals surface area (Å²) in [5.41, 5.74) is 3.58. The lowest BCUT2D eigenvalue weighted by atomic mass is 10.1. The SMILES string of the molecule is Cc1ccc(Cl)cc1N1CC[NH+](Cn2nc(C)n(-c3ccccc3)c2=S)CC1. The Labute approximate surface area is 175 Å². The number of anilines is 1. The lowest BCUT2D eigenvalue weighted by Crippen LogP contribution is -3.14. The molecule has 0 spiro atoms. The Morgan fingerprint density at radius 2 is 1.79 bits per heavy atom. The summed E-state index contributed by atoms with van der Waals surface area (Å²) < 4.78 is 4.76. The molecule has 0 amide bonds. The van der Waals surface area contributed by atoms with E-state index in [-0.39, 0.29) is 0 Å². The van der Waals surface area contributed by atoms with Crippen molar-refractivity contribution in [1.29, 1.82) is 0 Å². The van der Waals surface area contributed by atoms with Crippen molar-refractivity contribution in [2.75, 3.05) is 31.1 Å². The lowest BCUT2D eigenvalue weighted by Gasteiger charge is -2.34. The van der Waals surface area contributed by atoms with Crippen molar-refractivity contribution in [3.05, 3.63) is 69.7 Å². The summed E-state index contributed by atoms with van der Waals surface area (Å²) in [7, 11) is 0. The van der Waals surface area contributed by atoms with E-state index in [4.69, 9.17) is 28.9 Å². The molecule has 1 saturated heterocycles. The lowest BCUT2D eigenvalue weighted by molar-refractivity contribution is -0.924. The molecule has 2 aromatic carbocycles. The van der Waals surface area contributed by atoms with Crippen LogP contribution >= 0.6 is 23.8 Å². The number of aryl methyl sites for hydroxylation is 2. The first-order chi connectivity index (χ1) is 13.5. The molecule has 1 aliphatic rings. The number of rotatable bonds is 4. The Hall–Kier alpha value is -2.15. The number of nitrogens with zero attached hydrogens (tertiary/aromatic N) is 4. The number of quaternary nitrogens is 1. The molecular weight excluding hydrogens is 390 g/mol. The second-order valence-corrected chi connectivity index (χ2v) is 8.13. The van der Waals surface area contributed by atoms with Crippen LogP contribution in [-0.2, 0) is 6.67 Å². The molecule has 0 bridgehead atoms. The highest BCUT2D eigenvalue weighted by Crippen LogP contribution is 2.24. The Kier molecular flexibility index (Phi) is 5.53. The minimum absolute atomic E-state index is 0.754. The smallest absolute Gasteiger partial charge is 0.207 e. The quantitative estimate of drug-likeness (QED) is 0.665. The molecule has 1 fully saturated rings. The summed E-state index contributed by atoms with van der Waals surface area (Å²) in [6, 6.07) is 16.3. The largest absolute Gasteiger partial charge is 0.360 e. The summed E-state index contributed by atoms with van der Waals surface area (Å²) in [6.07, 6.45) is 0. The van der Waals surface area contributed by atoms with Crippen molar-refractivity contribution in [3.8, 4) is 5.69 Å². The van der Waals surface area contributed by atoms with Crippen molar-refractivity contribution in [3.63, 3.8) is 0 Å². The Morgan fingerprint density at radius 3 is 2.50 bits per heavy atom. The Bertz CT molecular complexity index is 1020. The van der Waals surface area contributed by atoms with Gasteiger partial charge in [-0.25, -0.2) is 0 Å². The van der Waals surface area contributed by atoms with E-state index in [1.54, 1.807) is 0 Å². The van der Waals surface area contributed by atoms with Crippen LogP contribution in [0.2, 0.25) is 5.02 Å². The summed E-state index contributed by atoms with van der Waals surface area (Å²) in [6.45, 7) is 9.04. The van der Waals surface area contributed by atoms with E-state index in [1.165, 1.54) is 16.2 Å². The van der Waals surface area contributed by atoms with Gasteiger partial charge in [-0.2, -0.15) is 9.78 Å². The van der Waals surface area contributed by atoms with Crippen LogP contribution in [0.5, 0.6) is 0 Å². The highest BCUT2D eigenvalue weighted by molar-refractivity contribution is 7.71. The van der Waals surface area contributed by atoms with Gasteiger partial charge in [-0.1, -0.05) is 35.9 Å². The van der Waals surface area contributed by atoms with Gasteiger partial charge in [-0.05, 0) is 55.9 Å². The Morgan fingerprint density at radius 1 is 1.07 bits per heavy atom. The van der Waals surface area contributed by atoms with Crippen LogP contribution in [0.3, 0.4) is 0 Å². The zero-order chi connectivity index (χ0) is 19.7. The minimum Gasteiger partial charge on any atom is -0.360 e. The highest BCUT2D eigenvalue weighted by Gasteiger charge is 2.23. The topological polar surface area (TPSA) is 30.4 Å². The van der Waals surface area contributed by atoms with Gasteiger partial charge in [0.2, 0.25) is 4.77 Å². The monoisotopic (exact) mass is 414 g/mol. The number of nitrogens with one attached hydrogen (secondary N) is 1. The van der Waals surface area contributed by atoms with Gasteiger partial charge in [0.05, 0.1) is 26.2 Å². The first kappa shape index (κ1) is 19.2. The fourth-order valence-corrected chi connectivity index (χ4v) is 4.36. The van der Waals surface area contributed by atoms with Gasteiger partial charge in [0.15, 0.2) is 6.67 Å². The van der Waals surface area contributed by atoms with E-state index >= 15 is 0 Å². The average Bonchev–Trinajstić information content (AvgIpc) is 2.98. The summed E-state index contributed by atoms with van der Waals surface area (Å²) >= 11 is 11.9. The van der Waals surface area contributed by atoms with Crippen LogP contribution in [0.25, 0.3) is 5.69 Å². The van der Waals surface area contributed by atoms with E-state index in [0.717, 1.165) is 54.2 Å². The molecule has 0 atom stereocenters. The summed E-state index contributed by atoms with van der Waals surface area (Å²) in [5, 5.41) is 5.50. The molecule has 5 nitrogen and oxygen atoms in total. The predicted molar refractivity (Wildman–Crippen MR) is 116 cm³/mol. The molecule has 3 aromatic rings. The van der Waals surface area contributed by atoms with Crippen molar-refractivity contribution < 1.29 is 4.90 Å². The molecule has 0 saturated carbocycles. The second kappa shape index (κ2) is 8.07. The molecule has 1 aromatic heterocycles. The molecule has 146 valence electrons. The van der Waals surface area contributed by atoms with E-state index in [2.05, 4.69) is 36.1 Å². The van der Waals surface area contributed by atoms with Gasteiger partial charge in [0.25, 0.3) is 0 Å². The standard InChI is InChI=1S/C21H24ClN5S/c1-16-8-9-18(22)14-20(16)25-12-10-24(11-13-25)15-26-21(28)27(17(2)23-26)19-6-4-3-5-7-19/h3-9,14H,10-13,15H2,1-2H3/p+1. The predicted octanol–water partition coefficient (Wildman–Crippen LogP) is 3.04. The fourth-order valence-electron chi connectivity index (χ4n) is 3.85. The van der Waals surface area contributed by atoms with Crippen molar-refractivity contribution in [1.82, 2.24) is 14.3 Å². The van der Waals surface area contributed by atoms with E-state index < -0.39 is 0 Å². The van der Waals surface area contributed by atoms with Gasteiger partial charge in [-0.3, -0.25) is 4.57 Å². The maximum Gasteiger partial charge on any atom is 0.207 e. The maximum atomic E-state index is 6.20. The van der Waals surface area contributed by atoms with Crippen LogP contribution < -0.4 is 9.80 Å². The maximum absolute atomic E-state index is 6.20. The summed E-state index contributed by atoms with van der Waals surface area (Å²) in [5.74, 6) is 0.920. The molecule has 2 heterocycles. The number of benzene rings is 2. The molecule has 0 aliphatic carbocycles. The van der Waals surface area contributed by atoms with Crippen molar-refractivity contribution >= 4 is 29.5 Å². The molecule has 0 unspecified atom stereocenters. The minimum atomic E-state index is 0.754. The third kappa shape index (κ3) is 3.85. The van der Waals surface area contributed by atoms with Crippen LogP contribution in [0.4, 0.5) is 5.69 Å². The van der Waals surface area contributed by atoms with Crippen LogP contribution in [0, 0.1) is 18.6 Å². The third-order valence-corrected chi connectivity index (χ3v) is 6.00. The molecule has 0 radical (unpaired) electrons. The highest BCUT2D eigenvalue weighted by atomic mass is 35.5. The van der Waals surface area contributed by atoms with Gasteiger partial charge in [-0.15, -0.1) is 0 Å². The first-order valence-corrected chi connectivity index (χ1v) is 10.4. The second-order valence-electron chi connectivity index (χ2n) is 7.33. The Balaban J connectivity index is 1.46. The number of piperazine rings is 1. The number of halogens is 1. The number of para-hydroxylation sites is 1. The zero-order valence-electron chi connectivity index (χ0n) is 16.2. The first-order valence-electron chi connectivity index (χ1n) is 9.59. The van der Waals surface area contributed by atoms with Gasteiger partial charge in [0.1, 0.15) is 5.82 Å². The molecule has 1 N–H and O–H groups in total. The molecule has 28 heavy (non-hydrogen) atoms. The summed E-state index contributed by atoms with van der Waals surface area (Å²) in [4.78, 5) is 3.92. The average molecular weight is 415 g/mol. The third-order valence-electron chi connectivity index (χ3n) is 5.37. The van der Waals surface area contributed by atoms with Crippen LogP contribution in [-0.4, -0.2) is 40.5 Å². The number of hydrogen-bond donors (Lipinski definition) is 1. The zero-order valence-corrected chi connectivity index (χ0v) is 17.8. The number of hydrogen-bond acceptors (Lipinski definition) is 3. The molecular formula is C21H25ClN5S+. The van der Waals surface area contributed by atoms with E-state index in [9.17, 15) is 0 Å². The van der Waals surface area contributed by atoms with Crippen LogP contribution in [0.1, 0.15) is 11.4 Å². The van der Waals surface area contributed by atoms with Crippen LogP contribution in [0.15, 0.2) is 48.5 Å². The molecule has 4 rings (SSSR count). The normalized spacial score (nSPS) is 15.2. The number of aromatic nitrogens is 3. The fraction of sp³-hybridized carbons (Fsp3) is 0.333. The van der Waals surface area contributed by atoms with E-state index in [1.807, 2.05) is 40.4 Å². The van der Waals surface area contributed by atoms with Gasteiger partial charge < -0.3 is 9.80 Å². The van der Waals surface area contributed by atoms with Gasteiger partial charge >= 0.3 is 0 Å².